The summed E-state index contributed by atoms with van der Waals surface area (Å²) in [6.45, 7) is 4.75. The molecule has 142 valence electrons. The predicted molar refractivity (Wildman–Crippen MR) is 105 cm³/mol. The number of piperidine rings is 1. The third kappa shape index (κ3) is 4.09. The Bertz CT molecular complexity index is 823. The summed E-state index contributed by atoms with van der Waals surface area (Å²) < 4.78 is 5.38. The van der Waals surface area contributed by atoms with Gasteiger partial charge in [0, 0.05) is 30.0 Å². The fraction of sp³-hybridized carbons (Fsp3) is 0.474. The van der Waals surface area contributed by atoms with Crippen molar-refractivity contribution in [1.29, 1.82) is 0 Å². The minimum atomic E-state index is -0.347. The van der Waals surface area contributed by atoms with Crippen LogP contribution in [0.25, 0.3) is 10.9 Å². The lowest BCUT2D eigenvalue weighted by Crippen LogP contribution is -2.47. The van der Waals surface area contributed by atoms with Crippen LogP contribution in [0.15, 0.2) is 29.1 Å². The number of hydrogen-bond acceptors (Lipinski definition) is 4. The molecule has 0 spiro atoms. The molecule has 1 aromatic heterocycles. The molecule has 6 nitrogen and oxygen atoms in total. The number of aromatic amines is 1. The molecule has 1 aliphatic rings. The molecule has 1 fully saturated rings. The van der Waals surface area contributed by atoms with Crippen molar-refractivity contribution in [3.8, 4) is 0 Å². The van der Waals surface area contributed by atoms with E-state index in [9.17, 15) is 9.59 Å². The topological polar surface area (TPSA) is 83.2 Å². The number of pyridine rings is 1. The Morgan fingerprint density at radius 1 is 1.27 bits per heavy atom. The summed E-state index contributed by atoms with van der Waals surface area (Å²) in [6.07, 6.45) is 1.88. The Balaban J connectivity index is 0.00000243. The van der Waals surface area contributed by atoms with Gasteiger partial charge in [0.05, 0.1) is 6.61 Å². The number of fused-ring (bicyclic) bond motifs is 1. The van der Waals surface area contributed by atoms with E-state index in [0.29, 0.717) is 18.7 Å². The number of benzene rings is 1. The highest BCUT2D eigenvalue weighted by molar-refractivity contribution is 5.99. The number of nitrogens with one attached hydrogen (secondary N) is 3. The molecule has 1 aromatic carbocycles. The highest BCUT2D eigenvalue weighted by Gasteiger charge is 2.33. The van der Waals surface area contributed by atoms with Crippen molar-refractivity contribution < 1.29 is 9.53 Å². The minimum absolute atomic E-state index is 0. The van der Waals surface area contributed by atoms with Crippen LogP contribution >= 0.6 is 12.4 Å². The van der Waals surface area contributed by atoms with Crippen molar-refractivity contribution in [2.24, 2.45) is 5.41 Å². The molecule has 1 saturated heterocycles. The molecule has 26 heavy (non-hydrogen) atoms. The quantitative estimate of drug-likeness (QED) is 0.742. The second-order valence-corrected chi connectivity index (χ2v) is 6.87. The monoisotopic (exact) mass is 379 g/mol. The van der Waals surface area contributed by atoms with Gasteiger partial charge in [-0.05, 0) is 44.5 Å². The fourth-order valence-electron chi connectivity index (χ4n) is 3.67. The molecule has 0 aliphatic carbocycles. The van der Waals surface area contributed by atoms with Gasteiger partial charge in [0.15, 0.2) is 0 Å². The van der Waals surface area contributed by atoms with Gasteiger partial charge in [-0.3, -0.25) is 9.59 Å². The molecule has 0 saturated carbocycles. The summed E-state index contributed by atoms with van der Waals surface area (Å²) in [5, 5.41) is 7.20. The van der Waals surface area contributed by atoms with Gasteiger partial charge < -0.3 is 20.4 Å². The van der Waals surface area contributed by atoms with Crippen LogP contribution < -0.4 is 16.2 Å². The largest absolute Gasteiger partial charge is 0.384 e. The Kier molecular flexibility index (Phi) is 6.81. The number of amides is 1. The van der Waals surface area contributed by atoms with Gasteiger partial charge in [-0.25, -0.2) is 0 Å². The van der Waals surface area contributed by atoms with Crippen LogP contribution in [-0.2, 0) is 4.74 Å². The maximum atomic E-state index is 12.7. The van der Waals surface area contributed by atoms with Crippen molar-refractivity contribution in [2.45, 2.75) is 19.8 Å². The smallest absolute Gasteiger partial charge is 0.261 e. The Morgan fingerprint density at radius 3 is 2.65 bits per heavy atom. The van der Waals surface area contributed by atoms with Crippen LogP contribution in [0.1, 0.15) is 28.8 Å². The SMILES string of the molecule is COCC1(CNC(=O)c2c(C)c3ccccc3[nH]c2=O)CCNCC1.Cl. The van der Waals surface area contributed by atoms with E-state index >= 15 is 0 Å². The van der Waals surface area contributed by atoms with Crippen LogP contribution in [-0.4, -0.2) is 44.2 Å². The van der Waals surface area contributed by atoms with E-state index in [1.165, 1.54) is 0 Å². The van der Waals surface area contributed by atoms with Gasteiger partial charge in [0.2, 0.25) is 0 Å². The number of carbonyl (C=O) groups is 1. The zero-order valence-corrected chi connectivity index (χ0v) is 16.0. The Hall–Kier alpha value is -1.89. The van der Waals surface area contributed by atoms with Gasteiger partial charge >= 0.3 is 0 Å². The molecule has 0 unspecified atom stereocenters. The number of carbonyl (C=O) groups excluding carboxylic acids is 1. The van der Waals surface area contributed by atoms with E-state index in [1.54, 1.807) is 7.11 Å². The summed E-state index contributed by atoms with van der Waals surface area (Å²) in [7, 11) is 1.68. The number of H-pyrrole nitrogens is 1. The van der Waals surface area contributed by atoms with Crippen LogP contribution in [0, 0.1) is 12.3 Å². The second-order valence-electron chi connectivity index (χ2n) is 6.87. The third-order valence-corrected chi connectivity index (χ3v) is 5.15. The van der Waals surface area contributed by atoms with Gasteiger partial charge in [0.1, 0.15) is 5.56 Å². The Morgan fingerprint density at radius 2 is 1.96 bits per heavy atom. The van der Waals surface area contributed by atoms with E-state index in [4.69, 9.17) is 4.74 Å². The average Bonchev–Trinajstić information content (AvgIpc) is 2.61. The molecule has 0 radical (unpaired) electrons. The number of aromatic nitrogens is 1. The lowest BCUT2D eigenvalue weighted by atomic mass is 9.79. The number of methoxy groups -OCH3 is 1. The molecule has 2 aromatic rings. The summed E-state index contributed by atoms with van der Waals surface area (Å²) in [4.78, 5) is 27.9. The van der Waals surface area contributed by atoms with Gasteiger partial charge in [-0.1, -0.05) is 18.2 Å². The van der Waals surface area contributed by atoms with E-state index in [-0.39, 0.29) is 34.9 Å². The first-order valence-corrected chi connectivity index (χ1v) is 8.66. The lowest BCUT2D eigenvalue weighted by Gasteiger charge is -2.37. The first-order valence-electron chi connectivity index (χ1n) is 8.66. The molecule has 1 amide bonds. The first kappa shape index (κ1) is 20.4. The van der Waals surface area contributed by atoms with Crippen LogP contribution in [0.3, 0.4) is 0 Å². The number of para-hydroxylation sites is 1. The molecule has 2 heterocycles. The number of hydrogen-bond donors (Lipinski definition) is 3. The van der Waals surface area contributed by atoms with E-state index in [1.807, 2.05) is 31.2 Å². The zero-order chi connectivity index (χ0) is 17.9. The van der Waals surface area contributed by atoms with E-state index < -0.39 is 0 Å². The molecule has 0 bridgehead atoms. The molecule has 7 heteroatoms. The van der Waals surface area contributed by atoms with Crippen molar-refractivity contribution in [3.63, 3.8) is 0 Å². The first-order chi connectivity index (χ1) is 12.1. The van der Waals surface area contributed by atoms with Crippen LogP contribution in [0.4, 0.5) is 0 Å². The van der Waals surface area contributed by atoms with Gasteiger partial charge in [-0.2, -0.15) is 0 Å². The van der Waals surface area contributed by atoms with Crippen molar-refractivity contribution in [3.05, 3.63) is 45.7 Å². The number of ether oxygens (including phenoxy) is 1. The number of aryl methyl sites for hydroxylation is 1. The van der Waals surface area contributed by atoms with Crippen LogP contribution in [0.2, 0.25) is 0 Å². The van der Waals surface area contributed by atoms with Crippen LogP contribution in [0.5, 0.6) is 0 Å². The number of halogens is 1. The maximum Gasteiger partial charge on any atom is 0.261 e. The minimum Gasteiger partial charge on any atom is -0.384 e. The average molecular weight is 380 g/mol. The molecule has 3 rings (SSSR count). The summed E-state index contributed by atoms with van der Waals surface area (Å²) in [5.41, 5.74) is 1.23. The van der Waals surface area contributed by atoms with E-state index in [2.05, 4.69) is 15.6 Å². The standard InChI is InChI=1S/C19H25N3O3.ClH/c1-13-14-5-3-4-6-15(14)22-18(24)16(13)17(23)21-11-19(12-25-2)7-9-20-10-8-19;/h3-6,20H,7-12H2,1-2H3,(H,21,23)(H,22,24);1H. The predicted octanol–water partition coefficient (Wildman–Crippen LogP) is 2.00. The number of rotatable bonds is 5. The summed E-state index contributed by atoms with van der Waals surface area (Å²) in [6, 6.07) is 7.52. The maximum absolute atomic E-state index is 12.7. The van der Waals surface area contributed by atoms with Crippen molar-refractivity contribution >= 4 is 29.2 Å². The van der Waals surface area contributed by atoms with Crippen molar-refractivity contribution in [1.82, 2.24) is 15.6 Å². The van der Waals surface area contributed by atoms with Crippen molar-refractivity contribution in [2.75, 3.05) is 33.4 Å². The normalized spacial score (nSPS) is 16.1. The second kappa shape index (κ2) is 8.66. The molecular formula is C19H26ClN3O3. The fourth-order valence-corrected chi connectivity index (χ4v) is 3.67. The van der Waals surface area contributed by atoms with Gasteiger partial charge in [0.25, 0.3) is 11.5 Å². The summed E-state index contributed by atoms with van der Waals surface area (Å²) >= 11 is 0. The highest BCUT2D eigenvalue weighted by Crippen LogP contribution is 2.28. The Labute approximate surface area is 159 Å². The molecule has 3 N–H and O–H groups in total. The third-order valence-electron chi connectivity index (χ3n) is 5.15. The lowest BCUT2D eigenvalue weighted by molar-refractivity contribution is 0.0511. The molecule has 0 atom stereocenters. The van der Waals surface area contributed by atoms with Gasteiger partial charge in [-0.15, -0.1) is 12.4 Å². The molecule has 1 aliphatic heterocycles. The summed E-state index contributed by atoms with van der Waals surface area (Å²) in [5.74, 6) is -0.321. The van der Waals surface area contributed by atoms with E-state index in [0.717, 1.165) is 36.8 Å². The highest BCUT2D eigenvalue weighted by atomic mass is 35.5. The molecular weight excluding hydrogens is 354 g/mol. The zero-order valence-electron chi connectivity index (χ0n) is 15.2.